The van der Waals surface area contributed by atoms with Crippen LogP contribution in [0.2, 0.25) is 0 Å². The maximum atomic E-state index is 13.2. The molecule has 0 aliphatic heterocycles. The van der Waals surface area contributed by atoms with Gasteiger partial charge in [-0.2, -0.15) is 8.78 Å². The number of hydrogen-bond donors (Lipinski definition) is 0. The summed E-state index contributed by atoms with van der Waals surface area (Å²) in [4.78, 5) is 0. The molecule has 0 aliphatic rings. The van der Waals surface area contributed by atoms with Gasteiger partial charge < -0.3 is 9.05 Å². The van der Waals surface area contributed by atoms with E-state index in [1.807, 2.05) is 0 Å². The Bertz CT molecular complexity index is 250. The summed E-state index contributed by atoms with van der Waals surface area (Å²) in [7, 11) is -4.41. The second-order valence-corrected chi connectivity index (χ2v) is 4.55. The minimum Gasteiger partial charge on any atom is -0.305 e. The lowest BCUT2D eigenvalue weighted by Crippen LogP contribution is -2.19. The fourth-order valence-corrected chi connectivity index (χ4v) is 2.20. The van der Waals surface area contributed by atoms with Crippen molar-refractivity contribution in [2.24, 2.45) is 0 Å². The number of halogens is 2. The first-order valence-electron chi connectivity index (χ1n) is 4.14. The molecule has 0 heterocycles. The van der Waals surface area contributed by atoms with Crippen molar-refractivity contribution in [2.75, 3.05) is 13.2 Å². The zero-order chi connectivity index (χ0) is 11.2. The molecule has 0 aromatic carbocycles. The van der Waals surface area contributed by atoms with Gasteiger partial charge >= 0.3 is 13.3 Å². The van der Waals surface area contributed by atoms with Crippen LogP contribution in [0.15, 0.2) is 0 Å². The molecule has 0 rings (SSSR count). The Morgan fingerprint density at radius 1 is 1.36 bits per heavy atom. The van der Waals surface area contributed by atoms with Crippen LogP contribution < -0.4 is 0 Å². The molecule has 6 heteroatoms. The zero-order valence-corrected chi connectivity index (χ0v) is 9.02. The SMILES string of the molecule is C#CCC(F)(F)P(=O)(OCC)OCC. The van der Waals surface area contributed by atoms with Crippen LogP contribution in [-0.2, 0) is 13.6 Å². The molecule has 3 nitrogen and oxygen atoms in total. The van der Waals surface area contributed by atoms with Crippen molar-refractivity contribution in [3.63, 3.8) is 0 Å². The summed E-state index contributed by atoms with van der Waals surface area (Å²) in [6, 6.07) is 0. The molecule has 82 valence electrons. The van der Waals surface area contributed by atoms with Crippen molar-refractivity contribution in [3.8, 4) is 12.3 Å². The number of alkyl halides is 2. The van der Waals surface area contributed by atoms with Crippen LogP contribution in [0.5, 0.6) is 0 Å². The van der Waals surface area contributed by atoms with E-state index in [0.717, 1.165) is 0 Å². The van der Waals surface area contributed by atoms with Crippen LogP contribution in [0.4, 0.5) is 8.78 Å². The third-order valence-electron chi connectivity index (χ3n) is 1.31. The van der Waals surface area contributed by atoms with E-state index in [1.54, 1.807) is 5.92 Å². The lowest BCUT2D eigenvalue weighted by molar-refractivity contribution is 0.0434. The van der Waals surface area contributed by atoms with Crippen LogP contribution in [0.1, 0.15) is 20.3 Å². The molecule has 0 amide bonds. The monoisotopic (exact) mass is 226 g/mol. The standard InChI is InChI=1S/C8H13F2O3P/c1-4-7-8(9,10)14(11,12-5-2)13-6-3/h1H,5-7H2,2-3H3. The highest BCUT2D eigenvalue weighted by Crippen LogP contribution is 2.63. The lowest BCUT2D eigenvalue weighted by atomic mass is 10.5. The van der Waals surface area contributed by atoms with Crippen molar-refractivity contribution in [3.05, 3.63) is 0 Å². The maximum absolute atomic E-state index is 13.2. The Balaban J connectivity index is 4.80. The number of rotatable bonds is 6. The minimum absolute atomic E-state index is 0.114. The molecule has 0 unspecified atom stereocenters. The molecule has 0 saturated heterocycles. The van der Waals surface area contributed by atoms with E-state index in [4.69, 9.17) is 6.42 Å². The highest BCUT2D eigenvalue weighted by Gasteiger charge is 2.52. The minimum atomic E-state index is -4.41. The molecule has 0 saturated carbocycles. The van der Waals surface area contributed by atoms with Gasteiger partial charge in [-0.3, -0.25) is 4.57 Å². The van der Waals surface area contributed by atoms with Gasteiger partial charge in [0.2, 0.25) is 0 Å². The van der Waals surface area contributed by atoms with Gasteiger partial charge in [-0.05, 0) is 13.8 Å². The molecular weight excluding hydrogens is 213 g/mol. The zero-order valence-electron chi connectivity index (χ0n) is 8.13. The fraction of sp³-hybridized carbons (Fsp3) is 0.750. The second-order valence-electron chi connectivity index (χ2n) is 2.38. The largest absolute Gasteiger partial charge is 0.400 e. The molecule has 0 spiro atoms. The number of terminal acetylenes is 1. The van der Waals surface area contributed by atoms with Crippen LogP contribution in [-0.4, -0.2) is 18.9 Å². The molecule has 0 bridgehead atoms. The Kier molecular flexibility index (Phi) is 5.28. The molecule has 0 fully saturated rings. The van der Waals surface area contributed by atoms with E-state index in [-0.39, 0.29) is 13.2 Å². The van der Waals surface area contributed by atoms with E-state index in [1.165, 1.54) is 13.8 Å². The van der Waals surface area contributed by atoms with Crippen LogP contribution in [0.3, 0.4) is 0 Å². The third-order valence-corrected chi connectivity index (χ3v) is 3.47. The Hall–Kier alpha value is -0.430. The van der Waals surface area contributed by atoms with Crippen molar-refractivity contribution in [2.45, 2.75) is 25.9 Å². The molecule has 0 aliphatic carbocycles. The Morgan fingerprint density at radius 2 is 1.79 bits per heavy atom. The first-order valence-corrected chi connectivity index (χ1v) is 5.68. The van der Waals surface area contributed by atoms with Crippen molar-refractivity contribution in [1.29, 1.82) is 0 Å². The summed E-state index contributed by atoms with van der Waals surface area (Å²) in [5.41, 5.74) is -3.62. The summed E-state index contributed by atoms with van der Waals surface area (Å²) < 4.78 is 46.9. The van der Waals surface area contributed by atoms with Gasteiger partial charge in [0, 0.05) is 0 Å². The normalized spacial score (nSPS) is 12.5. The summed E-state index contributed by atoms with van der Waals surface area (Å²) in [5, 5.41) is 0. The maximum Gasteiger partial charge on any atom is 0.400 e. The summed E-state index contributed by atoms with van der Waals surface area (Å²) >= 11 is 0. The quantitative estimate of drug-likeness (QED) is 0.516. The summed E-state index contributed by atoms with van der Waals surface area (Å²) in [6.07, 6.45) is 3.79. The lowest BCUT2D eigenvalue weighted by Gasteiger charge is -2.23. The van der Waals surface area contributed by atoms with Crippen molar-refractivity contribution < 1.29 is 22.4 Å². The average Bonchev–Trinajstić information content (AvgIpc) is 2.04. The van der Waals surface area contributed by atoms with Gasteiger partial charge in [-0.25, -0.2) is 0 Å². The van der Waals surface area contributed by atoms with E-state index in [9.17, 15) is 13.3 Å². The van der Waals surface area contributed by atoms with Crippen LogP contribution >= 0.6 is 7.60 Å². The number of hydrogen-bond acceptors (Lipinski definition) is 3. The first-order chi connectivity index (χ1) is 6.43. The third kappa shape index (κ3) is 3.06. The Labute approximate surface area is 82.3 Å². The van der Waals surface area contributed by atoms with Gasteiger partial charge in [0.1, 0.15) is 0 Å². The van der Waals surface area contributed by atoms with Gasteiger partial charge in [0.15, 0.2) is 0 Å². The fourth-order valence-electron chi connectivity index (χ4n) is 0.786. The molecular formula is C8H13F2O3P. The van der Waals surface area contributed by atoms with Gasteiger partial charge in [0.05, 0.1) is 19.6 Å². The van der Waals surface area contributed by atoms with E-state index < -0.39 is 19.7 Å². The molecule has 0 N–H and O–H groups in total. The molecule has 0 atom stereocenters. The molecule has 0 aromatic rings. The topological polar surface area (TPSA) is 35.5 Å². The molecule has 14 heavy (non-hydrogen) atoms. The van der Waals surface area contributed by atoms with Gasteiger partial charge in [-0.15, -0.1) is 6.42 Å². The highest BCUT2D eigenvalue weighted by atomic mass is 31.2. The Morgan fingerprint density at radius 3 is 2.07 bits per heavy atom. The summed E-state index contributed by atoms with van der Waals surface area (Å²) in [6.45, 7) is 2.68. The van der Waals surface area contributed by atoms with Gasteiger partial charge in [-0.1, -0.05) is 5.92 Å². The van der Waals surface area contributed by atoms with Gasteiger partial charge in [0.25, 0.3) is 0 Å². The predicted octanol–water partition coefficient (Wildman–Crippen LogP) is 2.87. The predicted molar refractivity (Wildman–Crippen MR) is 49.3 cm³/mol. The average molecular weight is 226 g/mol. The second kappa shape index (κ2) is 5.45. The van der Waals surface area contributed by atoms with Crippen molar-refractivity contribution >= 4 is 7.60 Å². The first kappa shape index (κ1) is 13.6. The van der Waals surface area contributed by atoms with Crippen LogP contribution in [0.25, 0.3) is 0 Å². The van der Waals surface area contributed by atoms with E-state index in [0.29, 0.717) is 0 Å². The molecule has 0 radical (unpaired) electrons. The highest BCUT2D eigenvalue weighted by molar-refractivity contribution is 7.55. The van der Waals surface area contributed by atoms with Crippen molar-refractivity contribution in [1.82, 2.24) is 0 Å². The smallest absolute Gasteiger partial charge is 0.305 e. The van der Waals surface area contributed by atoms with Crippen LogP contribution in [0, 0.1) is 12.3 Å². The van der Waals surface area contributed by atoms with E-state index in [2.05, 4.69) is 9.05 Å². The summed E-state index contributed by atoms with van der Waals surface area (Å²) in [5.74, 6) is 1.75. The van der Waals surface area contributed by atoms with E-state index >= 15 is 0 Å². The molecule has 0 aromatic heterocycles.